The van der Waals surface area contributed by atoms with Crippen molar-refractivity contribution in [2.24, 2.45) is 13.0 Å². The molecular weight excluding hydrogens is 248 g/mol. The second-order valence-corrected chi connectivity index (χ2v) is 4.80. The van der Waals surface area contributed by atoms with E-state index in [1.807, 2.05) is 0 Å². The van der Waals surface area contributed by atoms with Crippen LogP contribution in [0, 0.1) is 5.92 Å². The number of carboxylic acid groups (broad SMARTS) is 1. The second-order valence-electron chi connectivity index (χ2n) is 4.80. The molecule has 104 valence electrons. The average molecular weight is 266 g/mol. The zero-order valence-corrected chi connectivity index (χ0v) is 10.9. The molecule has 19 heavy (non-hydrogen) atoms. The predicted octanol–water partition coefficient (Wildman–Crippen LogP) is 0.540. The molecule has 2 amide bonds. The van der Waals surface area contributed by atoms with Crippen LogP contribution in [0.5, 0.6) is 0 Å². The SMILES string of the molecule is Cn1ccc(C(=O)NCC2CCN(C(=O)O)CC2)n1. The molecule has 2 N–H and O–H groups in total. The first-order valence-electron chi connectivity index (χ1n) is 6.32. The highest BCUT2D eigenvalue weighted by Gasteiger charge is 2.22. The zero-order valence-electron chi connectivity index (χ0n) is 10.9. The number of nitrogens with one attached hydrogen (secondary N) is 1. The Morgan fingerprint density at radius 1 is 1.47 bits per heavy atom. The summed E-state index contributed by atoms with van der Waals surface area (Å²) in [5.74, 6) is 0.157. The Hall–Kier alpha value is -2.05. The Labute approximate surface area is 111 Å². The number of aromatic nitrogens is 2. The summed E-state index contributed by atoms with van der Waals surface area (Å²) in [6.45, 7) is 1.65. The lowest BCUT2D eigenvalue weighted by Gasteiger charge is -2.29. The summed E-state index contributed by atoms with van der Waals surface area (Å²) in [4.78, 5) is 24.0. The summed E-state index contributed by atoms with van der Waals surface area (Å²) >= 11 is 0. The number of rotatable bonds is 3. The fourth-order valence-electron chi connectivity index (χ4n) is 2.19. The number of likely N-dealkylation sites (tertiary alicyclic amines) is 1. The van der Waals surface area contributed by atoms with E-state index in [1.165, 1.54) is 4.90 Å². The minimum atomic E-state index is -0.865. The first kappa shape index (κ1) is 13.4. The minimum Gasteiger partial charge on any atom is -0.465 e. The molecule has 7 nitrogen and oxygen atoms in total. The van der Waals surface area contributed by atoms with E-state index in [0.29, 0.717) is 31.2 Å². The van der Waals surface area contributed by atoms with Gasteiger partial charge in [-0.1, -0.05) is 0 Å². The van der Waals surface area contributed by atoms with Crippen molar-refractivity contribution >= 4 is 12.0 Å². The second kappa shape index (κ2) is 5.73. The summed E-state index contributed by atoms with van der Waals surface area (Å²) in [5.41, 5.74) is 0.408. The molecule has 1 aromatic rings. The van der Waals surface area contributed by atoms with Crippen LogP contribution in [0.4, 0.5) is 4.79 Å². The Kier molecular flexibility index (Phi) is 4.03. The first-order valence-corrected chi connectivity index (χ1v) is 6.32. The topological polar surface area (TPSA) is 87.5 Å². The molecule has 0 aliphatic carbocycles. The van der Waals surface area contributed by atoms with Gasteiger partial charge < -0.3 is 15.3 Å². The monoisotopic (exact) mass is 266 g/mol. The fourth-order valence-corrected chi connectivity index (χ4v) is 2.19. The van der Waals surface area contributed by atoms with E-state index in [-0.39, 0.29) is 5.91 Å². The zero-order chi connectivity index (χ0) is 13.8. The number of piperidine rings is 1. The van der Waals surface area contributed by atoms with Crippen LogP contribution in [0.3, 0.4) is 0 Å². The molecule has 2 rings (SSSR count). The third-order valence-electron chi connectivity index (χ3n) is 3.38. The molecule has 0 atom stereocenters. The lowest BCUT2D eigenvalue weighted by atomic mass is 9.97. The van der Waals surface area contributed by atoms with Crippen LogP contribution in [0.2, 0.25) is 0 Å². The highest BCUT2D eigenvalue weighted by Crippen LogP contribution is 2.16. The molecule has 1 aliphatic rings. The largest absolute Gasteiger partial charge is 0.465 e. The molecule has 0 bridgehead atoms. The summed E-state index contributed by atoms with van der Waals surface area (Å²) in [6, 6.07) is 1.67. The molecule has 0 aromatic carbocycles. The van der Waals surface area contributed by atoms with E-state index >= 15 is 0 Å². The molecule has 1 fully saturated rings. The van der Waals surface area contributed by atoms with Crippen LogP contribution in [0.25, 0.3) is 0 Å². The van der Waals surface area contributed by atoms with Crippen LogP contribution >= 0.6 is 0 Å². The highest BCUT2D eigenvalue weighted by atomic mass is 16.4. The van der Waals surface area contributed by atoms with Gasteiger partial charge in [-0.15, -0.1) is 0 Å². The molecule has 0 unspecified atom stereocenters. The number of carbonyl (C=O) groups is 2. The maximum Gasteiger partial charge on any atom is 0.407 e. The van der Waals surface area contributed by atoms with E-state index in [4.69, 9.17) is 5.11 Å². The number of hydrogen-bond donors (Lipinski definition) is 2. The molecule has 0 spiro atoms. The van der Waals surface area contributed by atoms with Gasteiger partial charge in [0, 0.05) is 32.9 Å². The van der Waals surface area contributed by atoms with E-state index in [2.05, 4.69) is 10.4 Å². The van der Waals surface area contributed by atoms with E-state index in [0.717, 1.165) is 12.8 Å². The van der Waals surface area contributed by atoms with Gasteiger partial charge in [-0.05, 0) is 24.8 Å². The number of amides is 2. The van der Waals surface area contributed by atoms with Gasteiger partial charge in [-0.25, -0.2) is 4.79 Å². The van der Waals surface area contributed by atoms with Crippen molar-refractivity contribution in [1.82, 2.24) is 20.0 Å². The maximum atomic E-state index is 11.8. The van der Waals surface area contributed by atoms with Crippen molar-refractivity contribution in [2.45, 2.75) is 12.8 Å². The van der Waals surface area contributed by atoms with Crippen LogP contribution in [-0.2, 0) is 7.05 Å². The number of carbonyl (C=O) groups excluding carboxylic acids is 1. The predicted molar refractivity (Wildman–Crippen MR) is 67.9 cm³/mol. The van der Waals surface area contributed by atoms with Crippen LogP contribution in [0.15, 0.2) is 12.3 Å². The van der Waals surface area contributed by atoms with Crippen molar-refractivity contribution < 1.29 is 14.7 Å². The van der Waals surface area contributed by atoms with Crippen LogP contribution in [0.1, 0.15) is 23.3 Å². The quantitative estimate of drug-likeness (QED) is 0.836. The van der Waals surface area contributed by atoms with Gasteiger partial charge >= 0.3 is 6.09 Å². The number of nitrogens with zero attached hydrogens (tertiary/aromatic N) is 3. The number of aryl methyl sites for hydroxylation is 1. The summed E-state index contributed by atoms with van der Waals surface area (Å²) < 4.78 is 1.58. The highest BCUT2D eigenvalue weighted by molar-refractivity contribution is 5.92. The normalized spacial score (nSPS) is 16.4. The Balaban J connectivity index is 1.75. The molecule has 1 saturated heterocycles. The molecule has 0 saturated carbocycles. The summed E-state index contributed by atoms with van der Waals surface area (Å²) in [5, 5.41) is 15.7. The average Bonchev–Trinajstić information content (AvgIpc) is 2.83. The van der Waals surface area contributed by atoms with E-state index in [9.17, 15) is 9.59 Å². The van der Waals surface area contributed by atoms with Gasteiger partial charge in [-0.3, -0.25) is 9.48 Å². The minimum absolute atomic E-state index is 0.179. The van der Waals surface area contributed by atoms with Crippen molar-refractivity contribution in [3.05, 3.63) is 18.0 Å². The van der Waals surface area contributed by atoms with E-state index < -0.39 is 6.09 Å². The maximum absolute atomic E-state index is 11.8. The van der Waals surface area contributed by atoms with Crippen LogP contribution in [-0.4, -0.2) is 51.4 Å². The summed E-state index contributed by atoms with van der Waals surface area (Å²) in [7, 11) is 1.76. The standard InChI is InChI=1S/C12H18N4O3/c1-15-5-4-10(14-15)11(17)13-8-9-2-6-16(7-3-9)12(18)19/h4-5,9H,2-3,6-8H2,1H3,(H,13,17)(H,18,19). The smallest absolute Gasteiger partial charge is 0.407 e. The van der Waals surface area contributed by atoms with E-state index in [1.54, 1.807) is 24.0 Å². The lowest BCUT2D eigenvalue weighted by molar-refractivity contribution is 0.0923. The van der Waals surface area contributed by atoms with Gasteiger partial charge in [-0.2, -0.15) is 5.10 Å². The first-order chi connectivity index (χ1) is 9.06. The fraction of sp³-hybridized carbons (Fsp3) is 0.583. The van der Waals surface area contributed by atoms with Crippen molar-refractivity contribution in [1.29, 1.82) is 0 Å². The molecule has 7 heteroatoms. The van der Waals surface area contributed by atoms with Crippen molar-refractivity contribution in [2.75, 3.05) is 19.6 Å². The Morgan fingerprint density at radius 3 is 2.68 bits per heavy atom. The lowest BCUT2D eigenvalue weighted by Crippen LogP contribution is -2.41. The molecule has 2 heterocycles. The molecule has 1 aliphatic heterocycles. The molecule has 0 radical (unpaired) electrons. The molecule has 1 aromatic heterocycles. The Morgan fingerprint density at radius 2 is 2.16 bits per heavy atom. The third-order valence-corrected chi connectivity index (χ3v) is 3.38. The van der Waals surface area contributed by atoms with Crippen molar-refractivity contribution in [3.63, 3.8) is 0 Å². The molecular formula is C12H18N4O3. The Bertz CT molecular complexity index is 463. The van der Waals surface area contributed by atoms with Crippen molar-refractivity contribution in [3.8, 4) is 0 Å². The third kappa shape index (κ3) is 3.46. The van der Waals surface area contributed by atoms with Gasteiger partial charge in [0.05, 0.1) is 0 Å². The number of hydrogen-bond acceptors (Lipinski definition) is 3. The van der Waals surface area contributed by atoms with Gasteiger partial charge in [0.1, 0.15) is 5.69 Å². The van der Waals surface area contributed by atoms with Gasteiger partial charge in [0.2, 0.25) is 0 Å². The van der Waals surface area contributed by atoms with Gasteiger partial charge in [0.25, 0.3) is 5.91 Å². The van der Waals surface area contributed by atoms with Crippen LogP contribution < -0.4 is 5.32 Å². The summed E-state index contributed by atoms with van der Waals surface area (Å²) in [6.07, 6.45) is 2.43. The van der Waals surface area contributed by atoms with Gasteiger partial charge in [0.15, 0.2) is 0 Å².